The van der Waals surface area contributed by atoms with Gasteiger partial charge >= 0.3 is 6.03 Å². The van der Waals surface area contributed by atoms with Crippen LogP contribution in [-0.4, -0.2) is 49.1 Å². The average molecular weight is 408 g/mol. The molecule has 0 bridgehead atoms. The zero-order valence-electron chi connectivity index (χ0n) is 17.3. The van der Waals surface area contributed by atoms with E-state index in [0.29, 0.717) is 13.1 Å². The predicted molar refractivity (Wildman–Crippen MR) is 117 cm³/mol. The molecule has 0 saturated carbocycles. The summed E-state index contributed by atoms with van der Waals surface area (Å²) in [6.07, 6.45) is 2.48. The number of nitrogens with one attached hydrogen (secondary N) is 3. The summed E-state index contributed by atoms with van der Waals surface area (Å²) in [6.45, 7) is 4.33. The van der Waals surface area contributed by atoms with E-state index in [0.717, 1.165) is 44.6 Å². The van der Waals surface area contributed by atoms with Crippen LogP contribution >= 0.6 is 0 Å². The molecule has 0 spiro atoms. The summed E-state index contributed by atoms with van der Waals surface area (Å²) < 4.78 is 0. The Kier molecular flexibility index (Phi) is 6.64. The van der Waals surface area contributed by atoms with Crippen molar-refractivity contribution in [2.45, 2.75) is 31.8 Å². The molecule has 2 aromatic rings. The summed E-state index contributed by atoms with van der Waals surface area (Å²) in [5.74, 6) is 0.160. The molecule has 6 nitrogen and oxygen atoms in total. The first-order valence-corrected chi connectivity index (χ1v) is 11.0. The van der Waals surface area contributed by atoms with Crippen LogP contribution < -0.4 is 15.5 Å². The molecule has 2 aromatic carbocycles. The molecule has 158 valence electrons. The van der Waals surface area contributed by atoms with Crippen molar-refractivity contribution in [2.75, 3.05) is 31.5 Å². The van der Waals surface area contributed by atoms with Gasteiger partial charge in [0.1, 0.15) is 6.54 Å². The monoisotopic (exact) mass is 407 g/mol. The summed E-state index contributed by atoms with van der Waals surface area (Å²) in [4.78, 5) is 28.5. The number of hydrogen-bond acceptors (Lipinski definition) is 2. The number of para-hydroxylation sites is 1. The Balaban J connectivity index is 1.19. The van der Waals surface area contributed by atoms with Crippen molar-refractivity contribution >= 4 is 17.6 Å². The van der Waals surface area contributed by atoms with Gasteiger partial charge in [0, 0.05) is 36.7 Å². The van der Waals surface area contributed by atoms with E-state index in [9.17, 15) is 9.59 Å². The Bertz CT molecular complexity index is 835. The van der Waals surface area contributed by atoms with Crippen molar-refractivity contribution < 1.29 is 14.5 Å². The summed E-state index contributed by atoms with van der Waals surface area (Å²) in [7, 11) is 0. The second-order valence-electron chi connectivity index (χ2n) is 8.42. The number of rotatable bonds is 5. The van der Waals surface area contributed by atoms with Crippen molar-refractivity contribution in [1.82, 2.24) is 10.2 Å². The number of anilines is 1. The maximum absolute atomic E-state index is 12.7. The van der Waals surface area contributed by atoms with Crippen molar-refractivity contribution in [1.29, 1.82) is 0 Å². The van der Waals surface area contributed by atoms with Gasteiger partial charge in [0.05, 0.1) is 19.1 Å². The van der Waals surface area contributed by atoms with Crippen LogP contribution in [0.3, 0.4) is 0 Å². The largest absolute Gasteiger partial charge is 0.347 e. The maximum Gasteiger partial charge on any atom is 0.321 e. The lowest BCUT2D eigenvalue weighted by atomic mass is 9.95. The average Bonchev–Trinajstić information content (AvgIpc) is 3.22. The Morgan fingerprint density at radius 2 is 1.60 bits per heavy atom. The van der Waals surface area contributed by atoms with Gasteiger partial charge in [0.15, 0.2) is 0 Å². The minimum Gasteiger partial charge on any atom is -0.347 e. The van der Waals surface area contributed by atoms with E-state index in [1.165, 1.54) is 10.5 Å². The normalized spacial score (nSPS) is 21.9. The summed E-state index contributed by atoms with van der Waals surface area (Å²) in [5.41, 5.74) is 2.15. The van der Waals surface area contributed by atoms with Gasteiger partial charge in [-0.3, -0.25) is 4.79 Å². The summed E-state index contributed by atoms with van der Waals surface area (Å²) in [5, 5.41) is 6.19. The second kappa shape index (κ2) is 9.76. The highest BCUT2D eigenvalue weighted by atomic mass is 16.2. The molecule has 0 aromatic heterocycles. The second-order valence-corrected chi connectivity index (χ2v) is 8.42. The number of likely N-dealkylation sites (tertiary alicyclic amines) is 2. The molecule has 2 heterocycles. The number of hydrogen-bond donors (Lipinski definition) is 3. The van der Waals surface area contributed by atoms with Crippen molar-refractivity contribution in [3.8, 4) is 0 Å². The number of carbonyl (C=O) groups is 2. The lowest BCUT2D eigenvalue weighted by molar-refractivity contribution is -0.901. The van der Waals surface area contributed by atoms with Crippen LogP contribution in [0.2, 0.25) is 0 Å². The van der Waals surface area contributed by atoms with Gasteiger partial charge in [-0.15, -0.1) is 0 Å². The minimum atomic E-state index is -0.0870. The number of nitrogens with zero attached hydrogens (tertiary/aromatic N) is 1. The van der Waals surface area contributed by atoms with Crippen molar-refractivity contribution in [3.63, 3.8) is 0 Å². The lowest BCUT2D eigenvalue weighted by Gasteiger charge is -2.31. The van der Waals surface area contributed by atoms with E-state index in [-0.39, 0.29) is 23.9 Å². The molecule has 3 amide bonds. The standard InChI is InChI=1S/C24H30N4O2/c29-23(25-22-13-14-27(18-22)17-19-7-3-1-4-8-19)20-11-15-28(16-12-20)24(30)26-21-9-5-2-6-10-21/h1-10,20,22H,11-18H2,(H,25,29)(H,26,30)/p+1/t22-/m1/s1. The SMILES string of the molecule is O=C(N[C@@H]1CC[NH+](Cc2ccccc2)C1)C1CCN(C(=O)Nc2ccccc2)CC1. The van der Waals surface area contributed by atoms with E-state index >= 15 is 0 Å². The quantitative estimate of drug-likeness (QED) is 0.709. The molecule has 2 aliphatic heterocycles. The summed E-state index contributed by atoms with van der Waals surface area (Å²) >= 11 is 0. The lowest BCUT2D eigenvalue weighted by Crippen LogP contribution is -3.09. The Hall–Kier alpha value is -2.86. The van der Waals surface area contributed by atoms with E-state index in [4.69, 9.17) is 0 Å². The van der Waals surface area contributed by atoms with Crippen molar-refractivity contribution in [3.05, 3.63) is 66.2 Å². The van der Waals surface area contributed by atoms with Gasteiger partial charge in [-0.2, -0.15) is 0 Å². The van der Waals surface area contributed by atoms with Crippen LogP contribution in [-0.2, 0) is 11.3 Å². The molecule has 2 aliphatic rings. The maximum atomic E-state index is 12.7. The van der Waals surface area contributed by atoms with Gasteiger partial charge in [-0.1, -0.05) is 48.5 Å². The fraction of sp³-hybridized carbons (Fsp3) is 0.417. The van der Waals surface area contributed by atoms with Crippen LogP contribution in [0.1, 0.15) is 24.8 Å². The highest BCUT2D eigenvalue weighted by Crippen LogP contribution is 2.19. The fourth-order valence-electron chi connectivity index (χ4n) is 4.49. The zero-order chi connectivity index (χ0) is 20.8. The summed E-state index contributed by atoms with van der Waals surface area (Å²) in [6, 6.07) is 20.2. The van der Waals surface area contributed by atoms with E-state index in [1.807, 2.05) is 36.4 Å². The van der Waals surface area contributed by atoms with Crippen LogP contribution in [0.4, 0.5) is 10.5 Å². The molecule has 2 atom stereocenters. The molecule has 2 saturated heterocycles. The van der Waals surface area contributed by atoms with Crippen LogP contribution in [0.25, 0.3) is 0 Å². The smallest absolute Gasteiger partial charge is 0.321 e. The Labute approximate surface area is 178 Å². The van der Waals surface area contributed by atoms with Crippen LogP contribution in [0, 0.1) is 5.92 Å². The first kappa shape index (κ1) is 20.4. The fourth-order valence-corrected chi connectivity index (χ4v) is 4.49. The number of benzene rings is 2. The number of quaternary nitrogens is 1. The van der Waals surface area contributed by atoms with Crippen LogP contribution in [0.15, 0.2) is 60.7 Å². The Morgan fingerprint density at radius 3 is 2.30 bits per heavy atom. The molecule has 0 aliphatic carbocycles. The van der Waals surface area contributed by atoms with E-state index < -0.39 is 0 Å². The number of amides is 3. The molecule has 30 heavy (non-hydrogen) atoms. The third-order valence-corrected chi connectivity index (χ3v) is 6.20. The first-order valence-electron chi connectivity index (χ1n) is 11.0. The van der Waals surface area contributed by atoms with E-state index in [2.05, 4.69) is 34.9 Å². The van der Waals surface area contributed by atoms with Crippen molar-refractivity contribution in [2.24, 2.45) is 5.92 Å². The highest BCUT2D eigenvalue weighted by Gasteiger charge is 2.32. The topological polar surface area (TPSA) is 65.9 Å². The zero-order valence-corrected chi connectivity index (χ0v) is 17.3. The molecular weight excluding hydrogens is 376 g/mol. The van der Waals surface area contributed by atoms with Gasteiger partial charge in [0.25, 0.3) is 0 Å². The molecule has 6 heteroatoms. The number of carbonyl (C=O) groups excluding carboxylic acids is 2. The third-order valence-electron chi connectivity index (χ3n) is 6.20. The molecule has 3 N–H and O–H groups in total. The minimum absolute atomic E-state index is 0.00366. The third kappa shape index (κ3) is 5.39. The van der Waals surface area contributed by atoms with Gasteiger partial charge < -0.3 is 20.4 Å². The van der Waals surface area contributed by atoms with Gasteiger partial charge in [-0.25, -0.2) is 4.79 Å². The van der Waals surface area contributed by atoms with Gasteiger partial charge in [-0.05, 0) is 25.0 Å². The number of urea groups is 1. The molecule has 1 unspecified atom stereocenters. The van der Waals surface area contributed by atoms with Gasteiger partial charge in [0.2, 0.25) is 5.91 Å². The molecule has 2 fully saturated rings. The molecule has 0 radical (unpaired) electrons. The molecule has 4 rings (SSSR count). The van der Waals surface area contributed by atoms with E-state index in [1.54, 1.807) is 4.90 Å². The number of piperidine rings is 1. The highest BCUT2D eigenvalue weighted by molar-refractivity contribution is 5.89. The first-order chi connectivity index (χ1) is 14.7. The predicted octanol–water partition coefficient (Wildman–Crippen LogP) is 1.90. The Morgan fingerprint density at radius 1 is 0.933 bits per heavy atom. The molecular formula is C24H31N4O2+. The van der Waals surface area contributed by atoms with Crippen LogP contribution in [0.5, 0.6) is 0 Å².